The highest BCUT2D eigenvalue weighted by Gasteiger charge is 2.32. The van der Waals surface area contributed by atoms with Crippen LogP contribution in [0, 0.1) is 5.41 Å². The van der Waals surface area contributed by atoms with Crippen molar-refractivity contribution in [1.29, 1.82) is 0 Å². The molecule has 1 saturated heterocycles. The van der Waals surface area contributed by atoms with Crippen molar-refractivity contribution in [3.05, 3.63) is 35.6 Å². The predicted octanol–water partition coefficient (Wildman–Crippen LogP) is 1.39. The van der Waals surface area contributed by atoms with Gasteiger partial charge in [-0.25, -0.2) is 4.98 Å². The fourth-order valence-corrected chi connectivity index (χ4v) is 3.70. The number of rotatable bonds is 5. The third kappa shape index (κ3) is 4.36. The second kappa shape index (κ2) is 8.05. The second-order valence-electron chi connectivity index (χ2n) is 7.37. The fraction of sp³-hybridized carbons (Fsp3) is 0.421. The molecule has 0 radical (unpaired) electrons. The van der Waals surface area contributed by atoms with E-state index < -0.39 is 11.3 Å². The molecule has 0 unspecified atom stereocenters. The zero-order chi connectivity index (χ0) is 20.3. The van der Waals surface area contributed by atoms with Crippen LogP contribution in [0.15, 0.2) is 29.9 Å². The lowest BCUT2D eigenvalue weighted by Crippen LogP contribution is -2.51. The van der Waals surface area contributed by atoms with Gasteiger partial charge in [0.2, 0.25) is 11.8 Å². The maximum atomic E-state index is 12.7. The normalized spacial score (nSPS) is 14.8. The summed E-state index contributed by atoms with van der Waals surface area (Å²) in [6, 6.07) is 3.70. The largest absolute Gasteiger partial charge is 0.369 e. The van der Waals surface area contributed by atoms with Crippen LogP contribution >= 0.6 is 11.3 Å². The van der Waals surface area contributed by atoms with Crippen molar-refractivity contribution < 1.29 is 14.4 Å². The van der Waals surface area contributed by atoms with Gasteiger partial charge in [-0.05, 0) is 12.1 Å². The lowest BCUT2D eigenvalue weighted by atomic mass is 9.88. The number of carbonyl (C=O) groups is 3. The number of aromatic nitrogens is 2. The zero-order valence-electron chi connectivity index (χ0n) is 15.9. The highest BCUT2D eigenvalue weighted by atomic mass is 32.1. The van der Waals surface area contributed by atoms with Crippen LogP contribution in [0.25, 0.3) is 10.6 Å². The summed E-state index contributed by atoms with van der Waals surface area (Å²) in [4.78, 5) is 48.4. The van der Waals surface area contributed by atoms with Crippen LogP contribution in [-0.2, 0) is 9.59 Å². The first-order valence-corrected chi connectivity index (χ1v) is 9.89. The number of nitrogens with zero attached hydrogens (tertiary/aromatic N) is 4. The standard InChI is InChI=1S/C19H23N5O3S/c1-19(2,18(20)27)11-15(25)23-7-9-24(10-8-23)17(26)14-12-28-16(22-14)13-3-5-21-6-4-13/h3-6,12H,7-11H2,1-2H3,(H2,20,27). The van der Waals surface area contributed by atoms with E-state index in [0.29, 0.717) is 31.9 Å². The summed E-state index contributed by atoms with van der Waals surface area (Å²) >= 11 is 1.41. The van der Waals surface area contributed by atoms with E-state index in [9.17, 15) is 14.4 Å². The maximum absolute atomic E-state index is 12.7. The number of nitrogens with two attached hydrogens (primary N) is 1. The smallest absolute Gasteiger partial charge is 0.273 e. The predicted molar refractivity (Wildman–Crippen MR) is 105 cm³/mol. The van der Waals surface area contributed by atoms with E-state index in [2.05, 4.69) is 9.97 Å². The number of amides is 3. The Morgan fingerprint density at radius 2 is 1.71 bits per heavy atom. The molecule has 8 nitrogen and oxygen atoms in total. The third-order valence-electron chi connectivity index (χ3n) is 4.83. The lowest BCUT2D eigenvalue weighted by molar-refractivity contribution is -0.139. The molecule has 3 rings (SSSR count). The minimum absolute atomic E-state index is 0.0671. The highest BCUT2D eigenvalue weighted by Crippen LogP contribution is 2.24. The van der Waals surface area contributed by atoms with Crippen LogP contribution < -0.4 is 5.73 Å². The Bertz CT molecular complexity index is 873. The zero-order valence-corrected chi connectivity index (χ0v) is 16.7. The van der Waals surface area contributed by atoms with Gasteiger partial charge in [-0.2, -0.15) is 0 Å². The first kappa shape index (κ1) is 19.9. The maximum Gasteiger partial charge on any atom is 0.273 e. The summed E-state index contributed by atoms with van der Waals surface area (Å²) in [5, 5.41) is 2.53. The molecular weight excluding hydrogens is 378 g/mol. The third-order valence-corrected chi connectivity index (χ3v) is 5.72. The molecule has 0 saturated carbocycles. The summed E-state index contributed by atoms with van der Waals surface area (Å²) in [6.07, 6.45) is 3.44. The molecule has 2 aromatic heterocycles. The summed E-state index contributed by atoms with van der Waals surface area (Å²) in [5.41, 5.74) is 5.80. The van der Waals surface area contributed by atoms with E-state index in [1.54, 1.807) is 41.4 Å². The molecule has 9 heteroatoms. The average molecular weight is 401 g/mol. The first-order chi connectivity index (χ1) is 13.3. The Morgan fingerprint density at radius 3 is 2.32 bits per heavy atom. The Kier molecular flexibility index (Phi) is 5.73. The van der Waals surface area contributed by atoms with Crippen LogP contribution in [0.4, 0.5) is 0 Å². The first-order valence-electron chi connectivity index (χ1n) is 9.01. The molecule has 0 bridgehead atoms. The van der Waals surface area contributed by atoms with E-state index >= 15 is 0 Å². The van der Waals surface area contributed by atoms with Crippen LogP contribution in [0.2, 0.25) is 0 Å². The van der Waals surface area contributed by atoms with Gasteiger partial charge in [0.15, 0.2) is 0 Å². The molecule has 0 aromatic carbocycles. The number of hydrogen-bond donors (Lipinski definition) is 1. The van der Waals surface area contributed by atoms with Gasteiger partial charge in [0.1, 0.15) is 10.7 Å². The molecular formula is C19H23N5O3S. The number of piperazine rings is 1. The quantitative estimate of drug-likeness (QED) is 0.814. The minimum Gasteiger partial charge on any atom is -0.369 e. The lowest BCUT2D eigenvalue weighted by Gasteiger charge is -2.35. The topological polar surface area (TPSA) is 109 Å². The summed E-state index contributed by atoms with van der Waals surface area (Å²) < 4.78 is 0. The molecule has 1 fully saturated rings. The van der Waals surface area contributed by atoms with Gasteiger partial charge in [-0.1, -0.05) is 13.8 Å². The van der Waals surface area contributed by atoms with E-state index in [0.717, 1.165) is 10.6 Å². The van der Waals surface area contributed by atoms with Gasteiger partial charge in [0, 0.05) is 55.9 Å². The summed E-state index contributed by atoms with van der Waals surface area (Å²) in [6.45, 7) is 5.06. The molecule has 1 aliphatic rings. The van der Waals surface area contributed by atoms with Crippen molar-refractivity contribution in [2.75, 3.05) is 26.2 Å². The van der Waals surface area contributed by atoms with Gasteiger partial charge >= 0.3 is 0 Å². The van der Waals surface area contributed by atoms with Crippen molar-refractivity contribution in [3.63, 3.8) is 0 Å². The van der Waals surface area contributed by atoms with Gasteiger partial charge < -0.3 is 15.5 Å². The molecule has 0 atom stereocenters. The summed E-state index contributed by atoms with van der Waals surface area (Å²) in [7, 11) is 0. The van der Waals surface area contributed by atoms with Gasteiger partial charge in [-0.15, -0.1) is 11.3 Å². The molecule has 3 amide bonds. The highest BCUT2D eigenvalue weighted by molar-refractivity contribution is 7.13. The van der Waals surface area contributed by atoms with Crippen molar-refractivity contribution in [2.24, 2.45) is 11.1 Å². The molecule has 3 heterocycles. The number of primary amides is 1. The van der Waals surface area contributed by atoms with E-state index in [1.165, 1.54) is 11.3 Å². The van der Waals surface area contributed by atoms with Crippen LogP contribution in [0.5, 0.6) is 0 Å². The van der Waals surface area contributed by atoms with Crippen molar-refractivity contribution >= 4 is 29.1 Å². The monoisotopic (exact) mass is 401 g/mol. The van der Waals surface area contributed by atoms with Crippen LogP contribution in [-0.4, -0.2) is 63.7 Å². The Morgan fingerprint density at radius 1 is 1.11 bits per heavy atom. The molecule has 0 aliphatic carbocycles. The Labute approximate surface area is 167 Å². The molecule has 148 valence electrons. The van der Waals surface area contributed by atoms with Gasteiger partial charge in [-0.3, -0.25) is 19.4 Å². The van der Waals surface area contributed by atoms with Gasteiger partial charge in [0.25, 0.3) is 5.91 Å². The second-order valence-corrected chi connectivity index (χ2v) is 8.23. The van der Waals surface area contributed by atoms with Crippen molar-refractivity contribution in [2.45, 2.75) is 20.3 Å². The number of hydrogen-bond acceptors (Lipinski definition) is 6. The Hall–Kier alpha value is -2.81. The summed E-state index contributed by atoms with van der Waals surface area (Å²) in [5.74, 6) is -0.756. The van der Waals surface area contributed by atoms with Crippen LogP contribution in [0.3, 0.4) is 0 Å². The van der Waals surface area contributed by atoms with Crippen LogP contribution in [0.1, 0.15) is 30.8 Å². The number of pyridine rings is 1. The molecule has 28 heavy (non-hydrogen) atoms. The van der Waals surface area contributed by atoms with E-state index in [1.807, 2.05) is 12.1 Å². The van der Waals surface area contributed by atoms with Gasteiger partial charge in [0.05, 0.1) is 5.41 Å². The minimum atomic E-state index is -0.881. The molecule has 2 aromatic rings. The SMILES string of the molecule is CC(C)(CC(=O)N1CCN(C(=O)c2csc(-c3ccncc3)n2)CC1)C(N)=O. The Balaban J connectivity index is 1.58. The molecule has 2 N–H and O–H groups in total. The van der Waals surface area contributed by atoms with E-state index in [-0.39, 0.29) is 18.2 Å². The average Bonchev–Trinajstić information content (AvgIpc) is 3.18. The fourth-order valence-electron chi connectivity index (χ4n) is 2.90. The van der Waals surface area contributed by atoms with E-state index in [4.69, 9.17) is 5.73 Å². The number of thiazole rings is 1. The number of carbonyl (C=O) groups excluding carboxylic acids is 3. The molecule has 1 aliphatic heterocycles. The van der Waals surface area contributed by atoms with Crippen molar-refractivity contribution in [3.8, 4) is 10.6 Å². The molecule has 0 spiro atoms. The van der Waals surface area contributed by atoms with Crippen molar-refractivity contribution in [1.82, 2.24) is 19.8 Å².